The number of fused-ring (bicyclic) bond motifs is 1. The summed E-state index contributed by atoms with van der Waals surface area (Å²) in [6.45, 7) is 5.26. The summed E-state index contributed by atoms with van der Waals surface area (Å²) in [6, 6.07) is 3.76. The van der Waals surface area contributed by atoms with Crippen LogP contribution in [-0.2, 0) is 14.3 Å². The van der Waals surface area contributed by atoms with Crippen LogP contribution in [0.1, 0.15) is 48.9 Å². The van der Waals surface area contributed by atoms with E-state index in [-0.39, 0.29) is 24.1 Å². The van der Waals surface area contributed by atoms with E-state index in [0.29, 0.717) is 54.2 Å². The van der Waals surface area contributed by atoms with Crippen molar-refractivity contribution >= 4 is 29.2 Å². The van der Waals surface area contributed by atoms with Crippen LogP contribution < -0.4 is 15.8 Å². The van der Waals surface area contributed by atoms with Gasteiger partial charge in [0.1, 0.15) is 11.9 Å². The van der Waals surface area contributed by atoms with Crippen molar-refractivity contribution in [3.63, 3.8) is 0 Å². The molecule has 0 aromatic heterocycles. The van der Waals surface area contributed by atoms with Gasteiger partial charge in [0.2, 0.25) is 0 Å². The first-order valence-electron chi connectivity index (χ1n) is 12.6. The average molecular weight is 509 g/mol. The summed E-state index contributed by atoms with van der Waals surface area (Å²) >= 11 is 6.08. The molecule has 2 unspecified atom stereocenters. The van der Waals surface area contributed by atoms with Crippen LogP contribution in [0.25, 0.3) is 0 Å². The van der Waals surface area contributed by atoms with Crippen LogP contribution in [0, 0.1) is 0 Å². The minimum absolute atomic E-state index is 0.0405. The van der Waals surface area contributed by atoms with Crippen LogP contribution in [0.2, 0.25) is 5.02 Å². The molecule has 0 bridgehead atoms. The molecule has 3 heterocycles. The first kappa shape index (κ1) is 26.0. The Morgan fingerprint density at radius 3 is 2.86 bits per heavy atom. The van der Waals surface area contributed by atoms with E-state index in [1.54, 1.807) is 6.07 Å². The van der Waals surface area contributed by atoms with Gasteiger partial charge in [-0.15, -0.1) is 0 Å². The Bertz CT molecular complexity index is 901. The number of ether oxygens (including phenoxy) is 3. The van der Waals surface area contributed by atoms with Gasteiger partial charge in [0.25, 0.3) is 5.91 Å². The maximum absolute atomic E-state index is 12.7. The summed E-state index contributed by atoms with van der Waals surface area (Å²) in [5, 5.41) is 3.20. The number of nitrogens with zero attached hydrogens (tertiary/aromatic N) is 2. The number of halogens is 1. The second-order valence-corrected chi connectivity index (χ2v) is 10.1. The van der Waals surface area contributed by atoms with Crippen molar-refractivity contribution in [2.45, 2.75) is 56.8 Å². The number of nitrogens with one attached hydrogen (secondary N) is 1. The quantitative estimate of drug-likeness (QED) is 0.386. The van der Waals surface area contributed by atoms with Gasteiger partial charge in [-0.25, -0.2) is 0 Å². The predicted molar refractivity (Wildman–Crippen MR) is 134 cm³/mol. The molecule has 1 aromatic carbocycles. The molecule has 9 nitrogen and oxygen atoms in total. The molecule has 3 aliphatic heterocycles. The lowest BCUT2D eigenvalue weighted by Crippen LogP contribution is -2.49. The molecular formula is C25H37ClN4O5. The highest BCUT2D eigenvalue weighted by Crippen LogP contribution is 2.29. The summed E-state index contributed by atoms with van der Waals surface area (Å²) in [5.74, 6) is -0.0200. The number of rotatable bonds is 9. The van der Waals surface area contributed by atoms with Gasteiger partial charge in [0.05, 0.1) is 36.1 Å². The normalized spacial score (nSPS) is 25.1. The number of anilines is 1. The van der Waals surface area contributed by atoms with Crippen LogP contribution in [0.4, 0.5) is 5.69 Å². The zero-order valence-electron chi connectivity index (χ0n) is 20.5. The predicted octanol–water partition coefficient (Wildman–Crippen LogP) is 2.31. The molecule has 4 rings (SSSR count). The fraction of sp³-hybridized carbons (Fsp3) is 0.680. The van der Waals surface area contributed by atoms with E-state index in [1.165, 1.54) is 26.0 Å². The molecule has 0 spiro atoms. The molecule has 0 radical (unpaired) electrons. The van der Waals surface area contributed by atoms with Crippen molar-refractivity contribution in [1.29, 1.82) is 0 Å². The van der Waals surface area contributed by atoms with Crippen LogP contribution >= 0.6 is 11.6 Å². The van der Waals surface area contributed by atoms with Gasteiger partial charge in [-0.3, -0.25) is 19.4 Å². The zero-order chi connectivity index (χ0) is 24.8. The molecule has 3 aliphatic rings. The first-order valence-corrected chi connectivity index (χ1v) is 13.0. The lowest BCUT2D eigenvalue weighted by atomic mass is 10.00. The highest BCUT2D eigenvalue weighted by atomic mass is 35.5. The average Bonchev–Trinajstić information content (AvgIpc) is 2.97. The summed E-state index contributed by atoms with van der Waals surface area (Å²) < 4.78 is 16.9. The zero-order valence-corrected chi connectivity index (χ0v) is 21.2. The topological polar surface area (TPSA) is 106 Å². The standard InChI is InChI=1S/C25H37ClN4O5/c1-33-23-13-22(27)21(26)12-20(23)25(32)28-14-19-15-29(10-11-34-19)8-3-6-24(31)35-18-5-2-4-17-7-9-30(17)16-18/h12-13,17-19H,2-11,14-16,27H2,1H3,(H,28,32)/t17?,18-,19?/m1/s1. The third-order valence-corrected chi connectivity index (χ3v) is 7.52. The van der Waals surface area contributed by atoms with Crippen molar-refractivity contribution in [2.75, 3.05) is 58.7 Å². The lowest BCUT2D eigenvalue weighted by Gasteiger charge is -2.40. The smallest absolute Gasteiger partial charge is 0.306 e. The SMILES string of the molecule is COc1cc(N)c(Cl)cc1C(=O)NCC1CN(CCCC(=O)O[C@@H]2CCCC3CCN3C2)CCO1. The van der Waals surface area contributed by atoms with Gasteiger partial charge in [-0.1, -0.05) is 11.6 Å². The number of hydrogen-bond acceptors (Lipinski definition) is 8. The Morgan fingerprint density at radius 1 is 1.23 bits per heavy atom. The lowest BCUT2D eigenvalue weighted by molar-refractivity contribution is -0.151. The van der Waals surface area contributed by atoms with E-state index in [4.69, 9.17) is 31.5 Å². The minimum atomic E-state index is -0.296. The van der Waals surface area contributed by atoms with E-state index in [0.717, 1.165) is 45.4 Å². The summed E-state index contributed by atoms with van der Waals surface area (Å²) in [7, 11) is 1.48. The van der Waals surface area contributed by atoms with Crippen molar-refractivity contribution in [2.24, 2.45) is 0 Å². The van der Waals surface area contributed by atoms with Gasteiger partial charge >= 0.3 is 5.97 Å². The summed E-state index contributed by atoms with van der Waals surface area (Å²) in [4.78, 5) is 29.8. The van der Waals surface area contributed by atoms with E-state index >= 15 is 0 Å². The van der Waals surface area contributed by atoms with Gasteiger partial charge in [-0.2, -0.15) is 0 Å². The molecule has 3 atom stereocenters. The first-order chi connectivity index (χ1) is 16.9. The number of amides is 1. The van der Waals surface area contributed by atoms with Crippen LogP contribution in [0.3, 0.4) is 0 Å². The Hall–Kier alpha value is -2.07. The highest BCUT2D eigenvalue weighted by molar-refractivity contribution is 6.33. The van der Waals surface area contributed by atoms with Crippen molar-refractivity contribution in [3.05, 3.63) is 22.7 Å². The molecule has 194 valence electrons. The highest BCUT2D eigenvalue weighted by Gasteiger charge is 2.33. The third-order valence-electron chi connectivity index (χ3n) is 7.20. The summed E-state index contributed by atoms with van der Waals surface area (Å²) in [5.41, 5.74) is 6.48. The molecule has 1 amide bonds. The minimum Gasteiger partial charge on any atom is -0.496 e. The number of benzene rings is 1. The number of morpholine rings is 1. The number of carbonyl (C=O) groups is 2. The Kier molecular flexibility index (Phi) is 9.10. The molecule has 3 N–H and O–H groups in total. The molecule has 35 heavy (non-hydrogen) atoms. The van der Waals surface area contributed by atoms with Crippen molar-refractivity contribution < 1.29 is 23.8 Å². The van der Waals surface area contributed by atoms with E-state index < -0.39 is 0 Å². The number of nitrogens with two attached hydrogens (primary N) is 1. The third kappa shape index (κ3) is 7.00. The van der Waals surface area contributed by atoms with Crippen LogP contribution in [-0.4, -0.2) is 92.9 Å². The van der Waals surface area contributed by atoms with Gasteiger partial charge in [0, 0.05) is 51.3 Å². The monoisotopic (exact) mass is 508 g/mol. The number of hydrogen-bond donors (Lipinski definition) is 2. The van der Waals surface area contributed by atoms with Gasteiger partial charge < -0.3 is 25.3 Å². The van der Waals surface area contributed by atoms with E-state index in [2.05, 4.69) is 15.1 Å². The molecule has 3 saturated heterocycles. The Morgan fingerprint density at radius 2 is 2.09 bits per heavy atom. The second kappa shape index (κ2) is 12.3. The van der Waals surface area contributed by atoms with Gasteiger partial charge in [0.15, 0.2) is 0 Å². The molecule has 0 saturated carbocycles. The molecule has 0 aliphatic carbocycles. The molecule has 1 aromatic rings. The number of esters is 1. The molecule has 3 fully saturated rings. The maximum atomic E-state index is 12.7. The van der Waals surface area contributed by atoms with E-state index in [9.17, 15) is 9.59 Å². The fourth-order valence-corrected chi connectivity index (χ4v) is 5.27. The number of nitrogen functional groups attached to an aromatic ring is 1. The maximum Gasteiger partial charge on any atom is 0.306 e. The Balaban J connectivity index is 1.16. The summed E-state index contributed by atoms with van der Waals surface area (Å²) in [6.07, 6.45) is 5.72. The molecular weight excluding hydrogens is 472 g/mol. The fourth-order valence-electron chi connectivity index (χ4n) is 5.11. The number of methoxy groups -OCH3 is 1. The van der Waals surface area contributed by atoms with Crippen LogP contribution in [0.5, 0.6) is 5.75 Å². The van der Waals surface area contributed by atoms with Gasteiger partial charge in [-0.05, 0) is 44.7 Å². The second-order valence-electron chi connectivity index (χ2n) is 9.66. The van der Waals surface area contributed by atoms with Crippen molar-refractivity contribution in [1.82, 2.24) is 15.1 Å². The largest absolute Gasteiger partial charge is 0.496 e. The Labute approximate surface area is 212 Å². The van der Waals surface area contributed by atoms with Crippen molar-refractivity contribution in [3.8, 4) is 5.75 Å². The van der Waals surface area contributed by atoms with Crippen LogP contribution in [0.15, 0.2) is 12.1 Å². The number of carbonyl (C=O) groups excluding carboxylic acids is 2. The van der Waals surface area contributed by atoms with E-state index in [1.807, 2.05) is 0 Å². The molecule has 10 heteroatoms.